The van der Waals surface area contributed by atoms with Crippen LogP contribution in [0.3, 0.4) is 0 Å². The minimum Gasteiger partial charge on any atom is -0.508 e. The van der Waals surface area contributed by atoms with Crippen molar-refractivity contribution in [3.63, 3.8) is 0 Å². The molecule has 1 fully saturated rings. The topological polar surface area (TPSA) is 41.9 Å². The number of thioether (sulfide) groups is 1. The van der Waals surface area contributed by atoms with E-state index in [4.69, 9.17) is 4.74 Å². The molecule has 3 aromatic carbocycles. The molecule has 1 atom stereocenters. The molecule has 1 N–H and O–H groups in total. The lowest BCUT2D eigenvalue weighted by atomic mass is 9.88. The van der Waals surface area contributed by atoms with E-state index >= 15 is 4.39 Å². The van der Waals surface area contributed by atoms with Gasteiger partial charge in [0, 0.05) is 41.9 Å². The molecule has 0 amide bonds. The summed E-state index contributed by atoms with van der Waals surface area (Å²) in [5.74, 6) is 0.618. The number of rotatable bonds is 9. The second-order valence-corrected chi connectivity index (χ2v) is 10.7. The maximum Gasteiger partial charge on any atom is 0.387 e. The first-order valence-corrected chi connectivity index (χ1v) is 13.9. The lowest BCUT2D eigenvalue weighted by molar-refractivity contribution is -0.0500. The largest absolute Gasteiger partial charge is 0.508 e. The minimum atomic E-state index is -3.04. The Labute approximate surface area is 229 Å². The third kappa shape index (κ3) is 6.53. The number of benzene rings is 3. The van der Waals surface area contributed by atoms with Crippen LogP contribution in [0, 0.1) is 5.82 Å². The van der Waals surface area contributed by atoms with Gasteiger partial charge in [-0.3, -0.25) is 9.29 Å². The van der Waals surface area contributed by atoms with Crippen molar-refractivity contribution in [3.05, 3.63) is 83.2 Å². The van der Waals surface area contributed by atoms with Crippen LogP contribution in [0.4, 0.5) is 17.6 Å². The average Bonchev–Trinajstić information content (AvgIpc) is 3.27. The van der Waals surface area contributed by atoms with Crippen molar-refractivity contribution < 1.29 is 32.1 Å². The van der Waals surface area contributed by atoms with Crippen molar-refractivity contribution in [2.24, 2.45) is 0 Å². The molecule has 3 aromatic rings. The van der Waals surface area contributed by atoms with Crippen LogP contribution >= 0.6 is 11.8 Å². The second-order valence-electron chi connectivity index (χ2n) is 9.55. The number of phenols is 1. The first-order chi connectivity index (χ1) is 18.9. The summed E-state index contributed by atoms with van der Waals surface area (Å²) in [7, 11) is 0. The fourth-order valence-electron chi connectivity index (χ4n) is 5.18. The third-order valence-corrected chi connectivity index (χ3v) is 7.98. The fourth-order valence-corrected chi connectivity index (χ4v) is 6.23. The monoisotopic (exact) mass is 559 g/mol. The first kappa shape index (κ1) is 27.4. The number of fused-ring (bicyclic) bond motifs is 1. The molecule has 2 aliphatic heterocycles. The average molecular weight is 560 g/mol. The summed E-state index contributed by atoms with van der Waals surface area (Å²) in [5.41, 5.74) is 3.55. The van der Waals surface area contributed by atoms with Gasteiger partial charge in [0.05, 0.1) is 6.67 Å². The van der Waals surface area contributed by atoms with Gasteiger partial charge >= 0.3 is 6.61 Å². The number of allylic oxidation sites excluding steroid dienone is 1. The number of likely N-dealkylation sites (tertiary alicyclic amines) is 1. The van der Waals surface area contributed by atoms with Gasteiger partial charge in [-0.25, -0.2) is 4.39 Å². The number of aromatic hydroxyl groups is 1. The van der Waals surface area contributed by atoms with Gasteiger partial charge in [-0.05, 0) is 84.0 Å². The Bertz CT molecular complexity index is 1330. The highest BCUT2D eigenvalue weighted by atomic mass is 32.2. The highest BCUT2D eigenvalue weighted by molar-refractivity contribution is 7.99. The smallest absolute Gasteiger partial charge is 0.387 e. The molecule has 4 nitrogen and oxygen atoms in total. The van der Waals surface area contributed by atoms with Crippen molar-refractivity contribution in [1.29, 1.82) is 0 Å². The lowest BCUT2D eigenvalue weighted by Crippen LogP contribution is -2.26. The van der Waals surface area contributed by atoms with Crippen LogP contribution in [0.1, 0.15) is 36.0 Å². The van der Waals surface area contributed by atoms with Crippen LogP contribution < -0.4 is 9.47 Å². The molecule has 0 radical (unpaired) electrons. The van der Waals surface area contributed by atoms with Crippen molar-refractivity contribution in [3.8, 4) is 17.2 Å². The Morgan fingerprint density at radius 1 is 1.00 bits per heavy atom. The minimum absolute atomic E-state index is 0.0336. The van der Waals surface area contributed by atoms with E-state index in [2.05, 4.69) is 9.64 Å². The van der Waals surface area contributed by atoms with Gasteiger partial charge in [0.15, 0.2) is 0 Å². The predicted octanol–water partition coefficient (Wildman–Crippen LogP) is 7.40. The van der Waals surface area contributed by atoms with Gasteiger partial charge in [-0.2, -0.15) is 8.78 Å². The van der Waals surface area contributed by atoms with Gasteiger partial charge < -0.3 is 14.6 Å². The summed E-state index contributed by atoms with van der Waals surface area (Å²) >= 11 is 1.57. The Hall–Kier alpha value is -3.17. The lowest BCUT2D eigenvalue weighted by Gasteiger charge is -2.19. The second kappa shape index (κ2) is 12.3. The number of hydrogen-bond donors (Lipinski definition) is 1. The van der Waals surface area contributed by atoms with Crippen LogP contribution in [0.2, 0.25) is 0 Å². The summed E-state index contributed by atoms with van der Waals surface area (Å²) < 4.78 is 63.7. The summed E-state index contributed by atoms with van der Waals surface area (Å²) in [6, 6.07) is 16.6. The molecule has 0 spiro atoms. The van der Waals surface area contributed by atoms with E-state index in [9.17, 15) is 18.3 Å². The van der Waals surface area contributed by atoms with Crippen molar-refractivity contribution in [1.82, 2.24) is 4.90 Å². The van der Waals surface area contributed by atoms with Gasteiger partial charge in [0.25, 0.3) is 0 Å². The summed E-state index contributed by atoms with van der Waals surface area (Å²) in [4.78, 5) is 3.08. The molecule has 39 heavy (non-hydrogen) atoms. The standard InChI is InChI=1S/C30H29F4NO3S/c31-12-1-13-35-14-10-23(18-35)37-21-5-2-19(3-6-21)29-25(11-15-39-28-16-20(36)4-8-26(28)29)24-9-7-22(17-27(24)32)38-30(33)34/h2-9,16-17,23,30,36H,1,10-15,18H2/t23-/m0/s1. The van der Waals surface area contributed by atoms with Crippen LogP contribution in [0.5, 0.6) is 17.2 Å². The Morgan fingerprint density at radius 3 is 2.51 bits per heavy atom. The van der Waals surface area contributed by atoms with Gasteiger partial charge in [-0.1, -0.05) is 12.1 Å². The zero-order valence-electron chi connectivity index (χ0n) is 21.2. The van der Waals surface area contributed by atoms with E-state index in [1.54, 1.807) is 23.9 Å². The summed E-state index contributed by atoms with van der Waals surface area (Å²) in [6.07, 6.45) is 1.96. The van der Waals surface area contributed by atoms with Crippen LogP contribution in [-0.4, -0.2) is 54.8 Å². The van der Waals surface area contributed by atoms with E-state index < -0.39 is 12.4 Å². The molecule has 0 aliphatic carbocycles. The molecule has 5 rings (SSSR count). The quantitative estimate of drug-likeness (QED) is 0.277. The Morgan fingerprint density at radius 2 is 1.77 bits per heavy atom. The van der Waals surface area contributed by atoms with Crippen LogP contribution in [0.25, 0.3) is 11.1 Å². The van der Waals surface area contributed by atoms with Gasteiger partial charge in [0.2, 0.25) is 0 Å². The zero-order chi connectivity index (χ0) is 27.4. The molecule has 206 valence electrons. The highest BCUT2D eigenvalue weighted by Crippen LogP contribution is 2.45. The van der Waals surface area contributed by atoms with E-state index in [-0.39, 0.29) is 24.3 Å². The van der Waals surface area contributed by atoms with E-state index in [0.29, 0.717) is 29.9 Å². The molecule has 9 heteroatoms. The third-order valence-electron chi connectivity index (χ3n) is 6.92. The predicted molar refractivity (Wildman–Crippen MR) is 145 cm³/mol. The van der Waals surface area contributed by atoms with Gasteiger partial charge in [0.1, 0.15) is 29.2 Å². The number of nitrogens with zero attached hydrogens (tertiary/aromatic N) is 1. The number of alkyl halides is 3. The van der Waals surface area contributed by atoms with Crippen LogP contribution in [-0.2, 0) is 0 Å². The molecule has 0 saturated carbocycles. The maximum atomic E-state index is 15.3. The molecular formula is C30H29F4NO3S. The normalized spacial score (nSPS) is 17.8. The summed E-state index contributed by atoms with van der Waals surface area (Å²) in [6.45, 7) is -0.990. The molecular weight excluding hydrogens is 530 g/mol. The highest BCUT2D eigenvalue weighted by Gasteiger charge is 2.25. The molecule has 0 aromatic heterocycles. The van der Waals surface area contributed by atoms with E-state index in [1.165, 1.54) is 12.1 Å². The van der Waals surface area contributed by atoms with E-state index in [0.717, 1.165) is 59.3 Å². The van der Waals surface area contributed by atoms with E-state index in [1.807, 2.05) is 30.3 Å². The fraction of sp³-hybridized carbons (Fsp3) is 0.333. The first-order valence-electron chi connectivity index (χ1n) is 12.9. The number of phenolic OH excluding ortho intramolecular Hbond substituents is 1. The molecule has 0 unspecified atom stereocenters. The molecule has 2 heterocycles. The summed E-state index contributed by atoms with van der Waals surface area (Å²) in [5, 5.41) is 10.1. The Balaban J connectivity index is 1.49. The SMILES string of the molecule is Oc1ccc2c(c1)SCCC(c1ccc(OC(F)F)cc1F)=C2c1ccc(O[C@H]2CCN(CCCF)C2)cc1. The number of halogens is 4. The number of ether oxygens (including phenoxy) is 2. The van der Waals surface area contributed by atoms with Crippen LogP contribution in [0.15, 0.2) is 65.6 Å². The van der Waals surface area contributed by atoms with Gasteiger partial charge in [-0.15, -0.1) is 11.8 Å². The van der Waals surface area contributed by atoms with Crippen molar-refractivity contribution >= 4 is 22.9 Å². The zero-order valence-corrected chi connectivity index (χ0v) is 22.0. The molecule has 0 bridgehead atoms. The number of hydrogen-bond acceptors (Lipinski definition) is 5. The Kier molecular flexibility index (Phi) is 8.67. The van der Waals surface area contributed by atoms with Crippen molar-refractivity contribution in [2.75, 3.05) is 32.1 Å². The maximum absolute atomic E-state index is 15.3. The molecule has 2 aliphatic rings. The van der Waals surface area contributed by atoms with Crippen molar-refractivity contribution in [2.45, 2.75) is 36.9 Å². The molecule has 1 saturated heterocycles.